The Morgan fingerprint density at radius 3 is 2.37 bits per heavy atom. The van der Waals surface area contributed by atoms with Gasteiger partial charge in [0.2, 0.25) is 11.8 Å². The largest absolute Gasteiger partial charge is 0.367 e. The summed E-state index contributed by atoms with van der Waals surface area (Å²) in [6.07, 6.45) is 8.69. The lowest BCUT2D eigenvalue weighted by Crippen LogP contribution is -2.47. The summed E-state index contributed by atoms with van der Waals surface area (Å²) < 4.78 is 1.78. The fourth-order valence-corrected chi connectivity index (χ4v) is 6.03. The van der Waals surface area contributed by atoms with Gasteiger partial charge in [0.25, 0.3) is 5.91 Å². The third kappa shape index (κ3) is 5.22. The molecule has 12 heteroatoms. The summed E-state index contributed by atoms with van der Waals surface area (Å²) in [7, 11) is 0. The molecule has 2 N–H and O–H groups in total. The van der Waals surface area contributed by atoms with Crippen LogP contribution in [0, 0.1) is 5.92 Å². The van der Waals surface area contributed by atoms with Crippen LogP contribution in [-0.4, -0.2) is 85.4 Å². The standard InChI is InChI=1S/C26H32N8O3S/c1-16(35)32-8-4-18(5-9-32)28-22-14-21(30-23(31-22)20-15-27-34-12-13-38-26(20)34)25(37)33-10-6-19(7-11-33)29-24(36)17-2-3-17/h12-15,17-19H,2-11H2,1H3,(H,29,36)(H,28,30,31). The van der Waals surface area contributed by atoms with Gasteiger partial charge in [0.15, 0.2) is 5.82 Å². The Labute approximate surface area is 224 Å². The average molecular weight is 537 g/mol. The highest BCUT2D eigenvalue weighted by atomic mass is 32.1. The maximum atomic E-state index is 13.6. The van der Waals surface area contributed by atoms with Gasteiger partial charge in [-0.05, 0) is 38.5 Å². The minimum atomic E-state index is -0.135. The van der Waals surface area contributed by atoms with Crippen LogP contribution in [0.3, 0.4) is 0 Å². The van der Waals surface area contributed by atoms with E-state index in [1.54, 1.807) is 35.0 Å². The Balaban J connectivity index is 1.21. The molecule has 11 nitrogen and oxygen atoms in total. The normalized spacial score (nSPS) is 19.1. The summed E-state index contributed by atoms with van der Waals surface area (Å²) in [5.74, 6) is 1.36. The van der Waals surface area contributed by atoms with Gasteiger partial charge >= 0.3 is 0 Å². The lowest BCUT2D eigenvalue weighted by atomic mass is 10.0. The fourth-order valence-electron chi connectivity index (χ4n) is 5.23. The van der Waals surface area contributed by atoms with Gasteiger partial charge in [-0.15, -0.1) is 11.3 Å². The lowest BCUT2D eigenvalue weighted by Gasteiger charge is -2.33. The van der Waals surface area contributed by atoms with E-state index in [0.717, 1.165) is 48.9 Å². The molecule has 0 aromatic carbocycles. The molecule has 6 rings (SSSR count). The van der Waals surface area contributed by atoms with Crippen molar-refractivity contribution < 1.29 is 14.4 Å². The maximum Gasteiger partial charge on any atom is 0.272 e. The van der Waals surface area contributed by atoms with Gasteiger partial charge in [0.05, 0.1) is 11.8 Å². The molecule has 3 aromatic heterocycles. The van der Waals surface area contributed by atoms with Crippen molar-refractivity contribution in [2.75, 3.05) is 31.5 Å². The monoisotopic (exact) mass is 536 g/mol. The summed E-state index contributed by atoms with van der Waals surface area (Å²) in [6.45, 7) is 4.14. The number of fused-ring (bicyclic) bond motifs is 1. The lowest BCUT2D eigenvalue weighted by molar-refractivity contribution is -0.129. The zero-order chi connectivity index (χ0) is 26.2. The minimum Gasteiger partial charge on any atom is -0.367 e. The van der Waals surface area contributed by atoms with Gasteiger partial charge in [-0.25, -0.2) is 14.5 Å². The van der Waals surface area contributed by atoms with Gasteiger partial charge in [-0.1, -0.05) is 0 Å². The molecule has 3 amide bonds. The molecule has 3 fully saturated rings. The van der Waals surface area contributed by atoms with E-state index in [4.69, 9.17) is 9.97 Å². The predicted molar refractivity (Wildman–Crippen MR) is 143 cm³/mol. The van der Waals surface area contributed by atoms with E-state index in [0.29, 0.717) is 43.5 Å². The first-order chi connectivity index (χ1) is 18.4. The van der Waals surface area contributed by atoms with Crippen molar-refractivity contribution in [1.29, 1.82) is 0 Å². The first-order valence-electron chi connectivity index (χ1n) is 13.4. The average Bonchev–Trinajstić information content (AvgIpc) is 3.55. The number of carbonyl (C=O) groups excluding carboxylic acids is 3. The SMILES string of the molecule is CC(=O)N1CCC(Nc2cc(C(=O)N3CCC(NC(=O)C4CC4)CC3)nc(-c3cnn4ccsc34)n2)CC1. The molecule has 3 aliphatic rings. The molecule has 1 saturated carbocycles. The van der Waals surface area contributed by atoms with Crippen LogP contribution in [0.15, 0.2) is 23.8 Å². The molecular weight excluding hydrogens is 504 g/mol. The Hall–Kier alpha value is -3.54. The first kappa shape index (κ1) is 24.8. The van der Waals surface area contributed by atoms with E-state index in [-0.39, 0.29) is 35.7 Å². The zero-order valence-electron chi connectivity index (χ0n) is 21.4. The number of carbonyl (C=O) groups is 3. The van der Waals surface area contributed by atoms with Gasteiger partial charge in [-0.2, -0.15) is 5.10 Å². The van der Waals surface area contributed by atoms with Crippen molar-refractivity contribution in [1.82, 2.24) is 34.7 Å². The molecule has 0 unspecified atom stereocenters. The third-order valence-corrected chi connectivity index (χ3v) is 8.57. The van der Waals surface area contributed by atoms with Crippen LogP contribution in [0.2, 0.25) is 0 Å². The number of anilines is 1. The summed E-state index contributed by atoms with van der Waals surface area (Å²) in [5.41, 5.74) is 1.13. The van der Waals surface area contributed by atoms with Crippen molar-refractivity contribution in [2.24, 2.45) is 5.92 Å². The van der Waals surface area contributed by atoms with Crippen molar-refractivity contribution >= 4 is 39.7 Å². The Morgan fingerprint density at radius 2 is 1.66 bits per heavy atom. The molecule has 0 bridgehead atoms. The number of piperidine rings is 2. The molecule has 1 aliphatic carbocycles. The van der Waals surface area contributed by atoms with Crippen molar-refractivity contribution in [3.8, 4) is 11.4 Å². The van der Waals surface area contributed by atoms with Gasteiger partial charge < -0.3 is 20.4 Å². The fraction of sp³-hybridized carbons (Fsp3) is 0.538. The van der Waals surface area contributed by atoms with Crippen molar-refractivity contribution in [3.63, 3.8) is 0 Å². The topological polar surface area (TPSA) is 125 Å². The number of hydrogen-bond donors (Lipinski definition) is 2. The number of nitrogens with zero attached hydrogens (tertiary/aromatic N) is 6. The molecule has 2 saturated heterocycles. The quantitative estimate of drug-likeness (QED) is 0.496. The highest BCUT2D eigenvalue weighted by molar-refractivity contribution is 7.16. The molecule has 38 heavy (non-hydrogen) atoms. The van der Waals surface area contributed by atoms with E-state index >= 15 is 0 Å². The van der Waals surface area contributed by atoms with Crippen LogP contribution in [-0.2, 0) is 9.59 Å². The summed E-state index contributed by atoms with van der Waals surface area (Å²) in [6, 6.07) is 2.00. The van der Waals surface area contributed by atoms with E-state index in [1.165, 1.54) is 0 Å². The number of likely N-dealkylation sites (tertiary alicyclic amines) is 2. The van der Waals surface area contributed by atoms with E-state index in [1.807, 2.05) is 21.4 Å². The van der Waals surface area contributed by atoms with Crippen LogP contribution in [0.4, 0.5) is 5.82 Å². The highest BCUT2D eigenvalue weighted by Crippen LogP contribution is 2.30. The zero-order valence-corrected chi connectivity index (χ0v) is 22.2. The Kier molecular flexibility index (Phi) is 6.73. The van der Waals surface area contributed by atoms with Crippen LogP contribution in [0.25, 0.3) is 16.2 Å². The number of amides is 3. The van der Waals surface area contributed by atoms with Crippen molar-refractivity contribution in [3.05, 3.63) is 29.5 Å². The smallest absolute Gasteiger partial charge is 0.272 e. The highest BCUT2D eigenvalue weighted by Gasteiger charge is 2.33. The third-order valence-electron chi connectivity index (χ3n) is 7.69. The summed E-state index contributed by atoms with van der Waals surface area (Å²) in [5, 5.41) is 13.0. The maximum absolute atomic E-state index is 13.6. The predicted octanol–water partition coefficient (Wildman–Crippen LogP) is 2.41. The van der Waals surface area contributed by atoms with Crippen LogP contribution >= 0.6 is 11.3 Å². The van der Waals surface area contributed by atoms with Gasteiger partial charge in [-0.3, -0.25) is 14.4 Å². The second-order valence-electron chi connectivity index (χ2n) is 10.4. The molecule has 200 valence electrons. The number of hydrogen-bond acceptors (Lipinski definition) is 8. The molecule has 2 aliphatic heterocycles. The van der Waals surface area contributed by atoms with E-state index < -0.39 is 0 Å². The molecule has 0 radical (unpaired) electrons. The molecule has 0 spiro atoms. The van der Waals surface area contributed by atoms with Crippen LogP contribution in [0.1, 0.15) is 55.9 Å². The second-order valence-corrected chi connectivity index (χ2v) is 11.3. The number of thiazole rings is 1. The van der Waals surface area contributed by atoms with Gasteiger partial charge in [0.1, 0.15) is 16.3 Å². The van der Waals surface area contributed by atoms with Gasteiger partial charge in [0, 0.05) is 68.7 Å². The number of aromatic nitrogens is 4. The van der Waals surface area contributed by atoms with Crippen LogP contribution < -0.4 is 10.6 Å². The number of nitrogens with one attached hydrogen (secondary N) is 2. The van der Waals surface area contributed by atoms with E-state index in [9.17, 15) is 14.4 Å². The Bertz CT molecular complexity index is 1350. The summed E-state index contributed by atoms with van der Waals surface area (Å²) in [4.78, 5) is 51.5. The van der Waals surface area contributed by atoms with Crippen LogP contribution in [0.5, 0.6) is 0 Å². The Morgan fingerprint density at radius 1 is 0.947 bits per heavy atom. The minimum absolute atomic E-state index is 0.0951. The van der Waals surface area contributed by atoms with E-state index in [2.05, 4.69) is 15.7 Å². The molecule has 0 atom stereocenters. The number of rotatable bonds is 6. The molecular formula is C26H32N8O3S. The van der Waals surface area contributed by atoms with Crippen molar-refractivity contribution in [2.45, 2.75) is 57.5 Å². The second kappa shape index (κ2) is 10.3. The first-order valence-corrected chi connectivity index (χ1v) is 14.2. The molecule has 3 aromatic rings. The summed E-state index contributed by atoms with van der Waals surface area (Å²) >= 11 is 1.55. The molecule has 5 heterocycles.